The van der Waals surface area contributed by atoms with E-state index in [1.165, 1.54) is 30.5 Å². The minimum Gasteiger partial charge on any atom is -0.246 e. The van der Waals surface area contributed by atoms with E-state index in [1.54, 1.807) is 12.5 Å². The third-order valence-electron chi connectivity index (χ3n) is 3.71. The predicted octanol–water partition coefficient (Wildman–Crippen LogP) is 4.27. The van der Waals surface area contributed by atoms with Crippen LogP contribution >= 0.6 is 0 Å². The van der Waals surface area contributed by atoms with Gasteiger partial charge in [0.15, 0.2) is 6.34 Å². The van der Waals surface area contributed by atoms with Crippen molar-refractivity contribution in [2.24, 2.45) is 4.99 Å². The van der Waals surface area contributed by atoms with Gasteiger partial charge in [0.25, 0.3) is 0 Å². The molecule has 0 unspecified atom stereocenters. The van der Waals surface area contributed by atoms with Crippen LogP contribution in [0.2, 0.25) is 0 Å². The summed E-state index contributed by atoms with van der Waals surface area (Å²) in [5, 5.41) is 0. The molecule has 0 fully saturated rings. The average molecular weight is 321 g/mol. The molecule has 0 saturated carbocycles. The molecule has 0 bridgehead atoms. The van der Waals surface area contributed by atoms with Crippen LogP contribution in [0.5, 0.6) is 0 Å². The number of benzene rings is 2. The molecule has 23 heavy (non-hydrogen) atoms. The van der Waals surface area contributed by atoms with Crippen molar-refractivity contribution in [3.05, 3.63) is 83.2 Å². The monoisotopic (exact) mass is 321 g/mol. The Morgan fingerprint density at radius 1 is 0.783 bits per heavy atom. The van der Waals surface area contributed by atoms with Crippen LogP contribution in [0, 0.1) is 23.3 Å². The summed E-state index contributed by atoms with van der Waals surface area (Å²) in [7, 11) is 0. The average Bonchev–Trinajstić information content (AvgIpc) is 2.94. The third-order valence-corrected chi connectivity index (χ3v) is 3.71. The molecule has 1 heterocycles. The molecular weight excluding hydrogens is 308 g/mol. The number of quaternary nitrogens is 1. The lowest BCUT2D eigenvalue weighted by Crippen LogP contribution is -2.38. The molecule has 1 aliphatic heterocycles. The van der Waals surface area contributed by atoms with E-state index < -0.39 is 23.3 Å². The molecule has 0 amide bonds. The molecule has 0 spiro atoms. The maximum absolute atomic E-state index is 13.9. The molecule has 0 saturated heterocycles. The zero-order chi connectivity index (χ0) is 16.4. The highest BCUT2D eigenvalue weighted by Crippen LogP contribution is 2.25. The normalized spacial score (nSPS) is 15.3. The van der Waals surface area contributed by atoms with Gasteiger partial charge in [-0.1, -0.05) is 0 Å². The van der Waals surface area contributed by atoms with E-state index in [4.69, 9.17) is 0 Å². The summed E-state index contributed by atoms with van der Waals surface area (Å²) in [6.07, 6.45) is 4.76. The Labute approximate surface area is 130 Å². The second-order valence-electron chi connectivity index (χ2n) is 5.45. The van der Waals surface area contributed by atoms with Crippen molar-refractivity contribution < 1.29 is 22.0 Å². The van der Waals surface area contributed by atoms with Crippen molar-refractivity contribution in [2.75, 3.05) is 0 Å². The fourth-order valence-electron chi connectivity index (χ4n) is 2.56. The SMILES string of the molecule is Fc1ccc(C[N+]2(Cc3ccc(F)cc3F)C=CN=C2)c(F)c1. The van der Waals surface area contributed by atoms with Gasteiger partial charge < -0.3 is 0 Å². The van der Waals surface area contributed by atoms with Gasteiger partial charge in [-0.3, -0.25) is 0 Å². The molecule has 118 valence electrons. The first kappa shape index (κ1) is 15.4. The molecule has 3 rings (SSSR count). The largest absolute Gasteiger partial charge is 0.246 e. The smallest absolute Gasteiger partial charge is 0.195 e. The van der Waals surface area contributed by atoms with Crippen molar-refractivity contribution in [1.29, 1.82) is 0 Å². The Hall–Kier alpha value is -2.47. The minimum atomic E-state index is -0.671. The van der Waals surface area contributed by atoms with Crippen LogP contribution in [0.3, 0.4) is 0 Å². The summed E-state index contributed by atoms with van der Waals surface area (Å²) in [5.41, 5.74) is 0.568. The fraction of sp³-hybridized carbons (Fsp3) is 0.118. The van der Waals surface area contributed by atoms with E-state index >= 15 is 0 Å². The van der Waals surface area contributed by atoms with E-state index in [2.05, 4.69) is 4.99 Å². The first-order valence-electron chi connectivity index (χ1n) is 6.94. The predicted molar refractivity (Wildman–Crippen MR) is 78.0 cm³/mol. The molecule has 2 nitrogen and oxygen atoms in total. The summed E-state index contributed by atoms with van der Waals surface area (Å²) in [4.78, 5) is 4.00. The molecule has 0 radical (unpaired) electrons. The van der Waals surface area contributed by atoms with Crippen LogP contribution < -0.4 is 0 Å². The summed E-state index contributed by atoms with van der Waals surface area (Å²) in [6, 6.07) is 6.66. The molecule has 2 aromatic rings. The first-order chi connectivity index (χ1) is 11.0. The minimum absolute atomic E-state index is 0.0328. The highest BCUT2D eigenvalue weighted by atomic mass is 19.1. The molecule has 1 aliphatic rings. The second kappa shape index (κ2) is 5.96. The lowest BCUT2D eigenvalue weighted by Gasteiger charge is -2.28. The number of nitrogens with zero attached hydrogens (tertiary/aromatic N) is 2. The first-order valence-corrected chi connectivity index (χ1v) is 6.94. The van der Waals surface area contributed by atoms with Crippen molar-refractivity contribution >= 4 is 6.34 Å². The van der Waals surface area contributed by atoms with E-state index in [9.17, 15) is 17.6 Å². The molecule has 0 N–H and O–H groups in total. The number of hydrogen-bond acceptors (Lipinski definition) is 1. The number of rotatable bonds is 4. The maximum atomic E-state index is 13.9. The van der Waals surface area contributed by atoms with Gasteiger partial charge in [0.2, 0.25) is 0 Å². The van der Waals surface area contributed by atoms with E-state index in [0.29, 0.717) is 0 Å². The Bertz CT molecular complexity index is 732. The van der Waals surface area contributed by atoms with Crippen molar-refractivity contribution in [3.8, 4) is 0 Å². The Balaban J connectivity index is 1.91. The van der Waals surface area contributed by atoms with Gasteiger partial charge in [0.1, 0.15) is 42.6 Å². The van der Waals surface area contributed by atoms with Gasteiger partial charge in [0, 0.05) is 23.3 Å². The highest BCUT2D eigenvalue weighted by molar-refractivity contribution is 5.51. The van der Waals surface area contributed by atoms with Gasteiger partial charge in [-0.05, 0) is 24.3 Å². The van der Waals surface area contributed by atoms with E-state index in [1.807, 2.05) is 0 Å². The van der Waals surface area contributed by atoms with Gasteiger partial charge in [-0.15, -0.1) is 0 Å². The van der Waals surface area contributed by atoms with Crippen molar-refractivity contribution in [1.82, 2.24) is 0 Å². The highest BCUT2D eigenvalue weighted by Gasteiger charge is 2.29. The van der Waals surface area contributed by atoms with Gasteiger partial charge in [0.05, 0.1) is 6.20 Å². The van der Waals surface area contributed by atoms with E-state index in [-0.39, 0.29) is 28.7 Å². The summed E-state index contributed by atoms with van der Waals surface area (Å²) in [5.74, 6) is -2.66. The lowest BCUT2D eigenvalue weighted by atomic mass is 10.1. The van der Waals surface area contributed by atoms with Gasteiger partial charge in [-0.2, -0.15) is 0 Å². The third kappa shape index (κ3) is 3.32. The van der Waals surface area contributed by atoms with Crippen LogP contribution in [-0.2, 0) is 13.1 Å². The molecule has 0 aromatic heterocycles. The van der Waals surface area contributed by atoms with Crippen LogP contribution in [0.4, 0.5) is 17.6 Å². The number of halogens is 4. The zero-order valence-electron chi connectivity index (χ0n) is 12.0. The summed E-state index contributed by atoms with van der Waals surface area (Å²) >= 11 is 0. The topological polar surface area (TPSA) is 12.4 Å². The molecule has 0 aliphatic carbocycles. The number of aliphatic imine (C=N–C) groups is 1. The Kier molecular flexibility index (Phi) is 4.00. The quantitative estimate of drug-likeness (QED) is 0.589. The summed E-state index contributed by atoms with van der Waals surface area (Å²) < 4.78 is 53.9. The molecule has 6 heteroatoms. The van der Waals surface area contributed by atoms with Crippen LogP contribution in [-0.4, -0.2) is 10.8 Å². The number of hydrogen-bond donors (Lipinski definition) is 0. The van der Waals surface area contributed by atoms with Crippen molar-refractivity contribution in [3.63, 3.8) is 0 Å². The molecular formula is C17H13F4N2+. The van der Waals surface area contributed by atoms with Crippen LogP contribution in [0.25, 0.3) is 0 Å². The Morgan fingerprint density at radius 2 is 1.30 bits per heavy atom. The summed E-state index contributed by atoms with van der Waals surface area (Å²) in [6.45, 7) is 0.284. The Morgan fingerprint density at radius 3 is 1.70 bits per heavy atom. The molecule has 0 atom stereocenters. The second-order valence-corrected chi connectivity index (χ2v) is 5.45. The lowest BCUT2D eigenvalue weighted by molar-refractivity contribution is -0.808. The van der Waals surface area contributed by atoms with Gasteiger partial charge >= 0.3 is 0 Å². The standard InChI is InChI=1S/C17H13F4N2/c18-14-3-1-12(16(20)7-14)9-23(6-5-22-11-23)10-13-2-4-15(19)8-17(13)21/h1-8,11H,9-10H2/q+1. The van der Waals surface area contributed by atoms with Crippen molar-refractivity contribution in [2.45, 2.75) is 13.1 Å². The van der Waals surface area contributed by atoms with Crippen LogP contribution in [0.1, 0.15) is 11.1 Å². The van der Waals surface area contributed by atoms with Gasteiger partial charge in [-0.25, -0.2) is 27.0 Å². The van der Waals surface area contributed by atoms with E-state index in [0.717, 1.165) is 12.1 Å². The maximum Gasteiger partial charge on any atom is 0.195 e. The molecule has 2 aromatic carbocycles. The zero-order valence-corrected chi connectivity index (χ0v) is 12.0. The van der Waals surface area contributed by atoms with Crippen LogP contribution in [0.15, 0.2) is 53.8 Å². The fourth-order valence-corrected chi connectivity index (χ4v) is 2.56.